The Morgan fingerprint density at radius 1 is 1.00 bits per heavy atom. The van der Waals surface area contributed by atoms with E-state index >= 15 is 0 Å². The average Bonchev–Trinajstić information content (AvgIpc) is 2.39. The zero-order valence-corrected chi connectivity index (χ0v) is 9.35. The summed E-state index contributed by atoms with van der Waals surface area (Å²) in [6.45, 7) is -2.86. The SMILES string of the molecule is O=Cc1ccc(-c2ccccc2OC(F)F)cc1. The Morgan fingerprint density at radius 3 is 2.28 bits per heavy atom. The number of aldehydes is 1. The van der Waals surface area contributed by atoms with Crippen molar-refractivity contribution in [2.24, 2.45) is 0 Å². The molecule has 0 fully saturated rings. The molecule has 2 aromatic carbocycles. The molecule has 0 N–H and O–H groups in total. The van der Waals surface area contributed by atoms with E-state index in [0.29, 0.717) is 11.1 Å². The van der Waals surface area contributed by atoms with E-state index in [-0.39, 0.29) is 5.75 Å². The molecule has 4 heteroatoms. The fourth-order valence-corrected chi connectivity index (χ4v) is 1.65. The predicted octanol–water partition coefficient (Wildman–Crippen LogP) is 3.77. The number of para-hydroxylation sites is 1. The summed E-state index contributed by atoms with van der Waals surface area (Å²) in [5.41, 5.74) is 1.82. The van der Waals surface area contributed by atoms with Crippen LogP contribution in [0.5, 0.6) is 5.75 Å². The zero-order chi connectivity index (χ0) is 13.0. The van der Waals surface area contributed by atoms with Crippen LogP contribution in [0, 0.1) is 0 Å². The standard InChI is InChI=1S/C14H10F2O2/c15-14(16)18-13-4-2-1-3-12(13)11-7-5-10(9-17)6-8-11/h1-9,14H. The van der Waals surface area contributed by atoms with Crippen LogP contribution in [0.25, 0.3) is 11.1 Å². The van der Waals surface area contributed by atoms with Gasteiger partial charge < -0.3 is 4.74 Å². The first-order valence-electron chi connectivity index (χ1n) is 5.30. The number of carbonyl (C=O) groups excluding carboxylic acids is 1. The Morgan fingerprint density at radius 2 is 1.67 bits per heavy atom. The van der Waals surface area contributed by atoms with Crippen molar-refractivity contribution in [1.29, 1.82) is 0 Å². The van der Waals surface area contributed by atoms with E-state index in [2.05, 4.69) is 4.74 Å². The third-order valence-corrected chi connectivity index (χ3v) is 2.46. The number of carbonyl (C=O) groups is 1. The van der Waals surface area contributed by atoms with E-state index in [4.69, 9.17) is 0 Å². The molecule has 2 aromatic rings. The Balaban J connectivity index is 2.39. The molecule has 18 heavy (non-hydrogen) atoms. The molecule has 0 unspecified atom stereocenters. The van der Waals surface area contributed by atoms with Gasteiger partial charge in [0.25, 0.3) is 0 Å². The van der Waals surface area contributed by atoms with Crippen molar-refractivity contribution >= 4 is 6.29 Å². The van der Waals surface area contributed by atoms with Crippen molar-refractivity contribution in [1.82, 2.24) is 0 Å². The van der Waals surface area contributed by atoms with Crippen LogP contribution in [-0.2, 0) is 0 Å². The van der Waals surface area contributed by atoms with Gasteiger partial charge in [-0.3, -0.25) is 4.79 Å². The number of rotatable bonds is 4. The van der Waals surface area contributed by atoms with E-state index in [1.807, 2.05) is 0 Å². The molecule has 0 aliphatic rings. The Labute approximate surface area is 103 Å². The van der Waals surface area contributed by atoms with Crippen LogP contribution in [0.15, 0.2) is 48.5 Å². The third kappa shape index (κ3) is 2.71. The van der Waals surface area contributed by atoms with E-state index in [9.17, 15) is 13.6 Å². The van der Waals surface area contributed by atoms with Crippen LogP contribution in [0.1, 0.15) is 10.4 Å². The van der Waals surface area contributed by atoms with E-state index in [1.54, 1.807) is 42.5 Å². The Bertz CT molecular complexity index is 536. The molecule has 2 rings (SSSR count). The fourth-order valence-electron chi connectivity index (χ4n) is 1.65. The van der Waals surface area contributed by atoms with Gasteiger partial charge in [0.15, 0.2) is 0 Å². The van der Waals surface area contributed by atoms with Crippen molar-refractivity contribution in [3.05, 3.63) is 54.1 Å². The molecule has 0 bridgehead atoms. The highest BCUT2D eigenvalue weighted by atomic mass is 19.3. The van der Waals surface area contributed by atoms with Crippen LogP contribution in [0.4, 0.5) is 8.78 Å². The minimum absolute atomic E-state index is 0.117. The molecule has 0 radical (unpaired) electrons. The highest BCUT2D eigenvalue weighted by molar-refractivity contribution is 5.78. The molecule has 0 heterocycles. The number of alkyl halides is 2. The van der Waals surface area contributed by atoms with Gasteiger partial charge in [-0.2, -0.15) is 8.78 Å². The second kappa shape index (κ2) is 5.40. The lowest BCUT2D eigenvalue weighted by atomic mass is 10.0. The monoisotopic (exact) mass is 248 g/mol. The molecule has 0 aromatic heterocycles. The molecule has 0 saturated carbocycles. The number of hydrogen-bond acceptors (Lipinski definition) is 2. The minimum Gasteiger partial charge on any atom is -0.434 e. The summed E-state index contributed by atoms with van der Waals surface area (Å²) in [6, 6.07) is 13.2. The smallest absolute Gasteiger partial charge is 0.387 e. The lowest BCUT2D eigenvalue weighted by Crippen LogP contribution is -2.02. The normalized spacial score (nSPS) is 10.4. The van der Waals surface area contributed by atoms with Gasteiger partial charge in [-0.15, -0.1) is 0 Å². The second-order valence-electron chi connectivity index (χ2n) is 3.61. The maximum Gasteiger partial charge on any atom is 0.387 e. The zero-order valence-electron chi connectivity index (χ0n) is 9.35. The molecule has 0 atom stereocenters. The van der Waals surface area contributed by atoms with Crippen molar-refractivity contribution in [3.63, 3.8) is 0 Å². The molecule has 2 nitrogen and oxygen atoms in total. The summed E-state index contributed by atoms with van der Waals surface area (Å²) < 4.78 is 29.0. The highest BCUT2D eigenvalue weighted by Gasteiger charge is 2.10. The molecule has 92 valence electrons. The summed E-state index contributed by atoms with van der Waals surface area (Å²) in [5, 5.41) is 0. The lowest BCUT2D eigenvalue weighted by Gasteiger charge is -2.10. The number of halogens is 2. The lowest BCUT2D eigenvalue weighted by molar-refractivity contribution is -0.0494. The van der Waals surface area contributed by atoms with Crippen LogP contribution in [0.2, 0.25) is 0 Å². The third-order valence-electron chi connectivity index (χ3n) is 2.46. The van der Waals surface area contributed by atoms with Gasteiger partial charge >= 0.3 is 6.61 Å². The fraction of sp³-hybridized carbons (Fsp3) is 0.0714. The van der Waals surface area contributed by atoms with Gasteiger partial charge in [-0.05, 0) is 11.6 Å². The summed E-state index contributed by atoms with van der Waals surface area (Å²) in [6.07, 6.45) is 0.728. The molecule has 0 saturated heterocycles. The van der Waals surface area contributed by atoms with Gasteiger partial charge in [0.1, 0.15) is 12.0 Å². The maximum atomic E-state index is 12.3. The van der Waals surface area contributed by atoms with Gasteiger partial charge in [0.2, 0.25) is 0 Å². The summed E-state index contributed by atoms with van der Waals surface area (Å²) in [4.78, 5) is 10.5. The second-order valence-corrected chi connectivity index (χ2v) is 3.61. The predicted molar refractivity (Wildman–Crippen MR) is 63.9 cm³/mol. The first-order chi connectivity index (χ1) is 8.70. The van der Waals surface area contributed by atoms with Crippen LogP contribution in [-0.4, -0.2) is 12.9 Å². The van der Waals surface area contributed by atoms with Gasteiger partial charge in [0, 0.05) is 11.1 Å². The molecular formula is C14H10F2O2. The van der Waals surface area contributed by atoms with E-state index in [1.165, 1.54) is 6.07 Å². The van der Waals surface area contributed by atoms with E-state index in [0.717, 1.165) is 11.8 Å². The maximum absolute atomic E-state index is 12.3. The van der Waals surface area contributed by atoms with Gasteiger partial charge in [-0.25, -0.2) is 0 Å². The molecule has 0 aliphatic carbocycles. The largest absolute Gasteiger partial charge is 0.434 e. The van der Waals surface area contributed by atoms with Crippen LogP contribution < -0.4 is 4.74 Å². The van der Waals surface area contributed by atoms with Gasteiger partial charge in [0.05, 0.1) is 0 Å². The van der Waals surface area contributed by atoms with Crippen molar-refractivity contribution < 1.29 is 18.3 Å². The highest BCUT2D eigenvalue weighted by Crippen LogP contribution is 2.30. The summed E-state index contributed by atoms with van der Waals surface area (Å²) in [5.74, 6) is 0.117. The minimum atomic E-state index is -2.86. The molecular weight excluding hydrogens is 238 g/mol. The first kappa shape index (κ1) is 12.2. The summed E-state index contributed by atoms with van der Waals surface area (Å²) in [7, 11) is 0. The quantitative estimate of drug-likeness (QED) is 0.770. The topological polar surface area (TPSA) is 26.3 Å². The van der Waals surface area contributed by atoms with Crippen molar-refractivity contribution in [2.75, 3.05) is 0 Å². The van der Waals surface area contributed by atoms with Crippen LogP contribution in [0.3, 0.4) is 0 Å². The average molecular weight is 248 g/mol. The Hall–Kier alpha value is -2.23. The van der Waals surface area contributed by atoms with Crippen LogP contribution >= 0.6 is 0 Å². The number of ether oxygens (including phenoxy) is 1. The van der Waals surface area contributed by atoms with Crippen molar-refractivity contribution in [2.45, 2.75) is 6.61 Å². The summed E-state index contributed by atoms with van der Waals surface area (Å²) >= 11 is 0. The molecule has 0 aliphatic heterocycles. The Kier molecular flexibility index (Phi) is 3.67. The molecule has 0 spiro atoms. The van der Waals surface area contributed by atoms with Crippen molar-refractivity contribution in [3.8, 4) is 16.9 Å². The number of benzene rings is 2. The number of hydrogen-bond donors (Lipinski definition) is 0. The first-order valence-corrected chi connectivity index (χ1v) is 5.30. The van der Waals surface area contributed by atoms with E-state index < -0.39 is 6.61 Å². The van der Waals surface area contributed by atoms with Gasteiger partial charge in [-0.1, -0.05) is 42.5 Å². The molecule has 0 amide bonds.